The fraction of sp³-hybridized carbons (Fsp3) is 0.312. The summed E-state index contributed by atoms with van der Waals surface area (Å²) in [6, 6.07) is 11.6. The molecule has 2 nitrogen and oxygen atoms in total. The van der Waals surface area contributed by atoms with Crippen LogP contribution in [-0.2, 0) is 6.42 Å². The molecular weight excluding hydrogens is 220 g/mol. The van der Waals surface area contributed by atoms with E-state index in [1.165, 1.54) is 35.1 Å². The number of nitrogens with zero attached hydrogens (tertiary/aromatic N) is 1. The van der Waals surface area contributed by atoms with Crippen molar-refractivity contribution in [1.29, 1.82) is 0 Å². The summed E-state index contributed by atoms with van der Waals surface area (Å²) in [5.41, 5.74) is 6.59. The number of hydrogen-bond donors (Lipinski definition) is 1. The smallest absolute Gasteiger partial charge is 0.0378 e. The fourth-order valence-electron chi connectivity index (χ4n) is 2.82. The van der Waals surface area contributed by atoms with Crippen molar-refractivity contribution in [2.75, 3.05) is 7.05 Å². The average Bonchev–Trinajstić information content (AvgIpc) is 2.80. The van der Waals surface area contributed by atoms with Gasteiger partial charge in [-0.3, -0.25) is 4.98 Å². The van der Waals surface area contributed by atoms with Crippen LogP contribution in [0.3, 0.4) is 0 Å². The second-order valence-electron chi connectivity index (χ2n) is 4.98. The van der Waals surface area contributed by atoms with Crippen LogP contribution in [-0.4, -0.2) is 12.0 Å². The van der Waals surface area contributed by atoms with Gasteiger partial charge >= 0.3 is 0 Å². The quantitative estimate of drug-likeness (QED) is 0.868. The number of pyridine rings is 1. The van der Waals surface area contributed by atoms with Crippen molar-refractivity contribution in [3.8, 4) is 11.1 Å². The maximum Gasteiger partial charge on any atom is 0.0378 e. The van der Waals surface area contributed by atoms with Gasteiger partial charge in [0, 0.05) is 17.9 Å². The van der Waals surface area contributed by atoms with E-state index in [-0.39, 0.29) is 0 Å². The fourth-order valence-corrected chi connectivity index (χ4v) is 2.82. The van der Waals surface area contributed by atoms with Gasteiger partial charge in [0.25, 0.3) is 0 Å². The number of benzene rings is 1. The first-order valence-corrected chi connectivity index (χ1v) is 6.51. The van der Waals surface area contributed by atoms with Gasteiger partial charge in [-0.25, -0.2) is 0 Å². The van der Waals surface area contributed by atoms with E-state index in [1.54, 1.807) is 0 Å². The molecule has 92 valence electrons. The molecule has 18 heavy (non-hydrogen) atoms. The molecule has 1 atom stereocenters. The van der Waals surface area contributed by atoms with Crippen LogP contribution in [0.2, 0.25) is 0 Å². The van der Waals surface area contributed by atoms with Gasteiger partial charge < -0.3 is 5.32 Å². The van der Waals surface area contributed by atoms with Crippen LogP contribution in [0.25, 0.3) is 11.1 Å². The lowest BCUT2D eigenvalue weighted by molar-refractivity contribution is 0.590. The van der Waals surface area contributed by atoms with E-state index in [4.69, 9.17) is 0 Å². The van der Waals surface area contributed by atoms with E-state index in [1.807, 2.05) is 20.2 Å². The van der Waals surface area contributed by atoms with Crippen LogP contribution in [0.1, 0.15) is 29.3 Å². The molecule has 1 aromatic carbocycles. The first-order chi connectivity index (χ1) is 8.78. The summed E-state index contributed by atoms with van der Waals surface area (Å²) in [7, 11) is 2.04. The monoisotopic (exact) mass is 238 g/mol. The van der Waals surface area contributed by atoms with Crippen molar-refractivity contribution < 1.29 is 0 Å². The molecule has 2 heteroatoms. The van der Waals surface area contributed by atoms with Crippen LogP contribution >= 0.6 is 0 Å². The molecule has 0 fully saturated rings. The minimum atomic E-state index is 0.535. The summed E-state index contributed by atoms with van der Waals surface area (Å²) in [5.74, 6) is 0. The van der Waals surface area contributed by atoms with Crippen molar-refractivity contribution in [2.24, 2.45) is 0 Å². The van der Waals surface area contributed by atoms with E-state index in [9.17, 15) is 0 Å². The molecule has 0 radical (unpaired) electrons. The Balaban J connectivity index is 2.01. The highest BCUT2D eigenvalue weighted by atomic mass is 14.9. The summed E-state index contributed by atoms with van der Waals surface area (Å²) in [6.07, 6.45) is 4.28. The van der Waals surface area contributed by atoms with Gasteiger partial charge in [0.2, 0.25) is 0 Å². The zero-order valence-electron chi connectivity index (χ0n) is 10.9. The number of aryl methyl sites for hydroxylation is 2. The van der Waals surface area contributed by atoms with Gasteiger partial charge in [0.1, 0.15) is 0 Å². The lowest BCUT2D eigenvalue weighted by Crippen LogP contribution is -2.12. The number of hydrogen-bond acceptors (Lipinski definition) is 2. The second kappa shape index (κ2) is 4.54. The van der Waals surface area contributed by atoms with Gasteiger partial charge in [-0.15, -0.1) is 0 Å². The molecule has 2 aromatic rings. The van der Waals surface area contributed by atoms with Crippen LogP contribution in [0.5, 0.6) is 0 Å². The van der Waals surface area contributed by atoms with Gasteiger partial charge in [-0.05, 0) is 61.2 Å². The highest BCUT2D eigenvalue weighted by Crippen LogP contribution is 2.33. The highest BCUT2D eigenvalue weighted by molar-refractivity contribution is 5.65. The number of fused-ring (bicyclic) bond motifs is 1. The minimum absolute atomic E-state index is 0.535. The lowest BCUT2D eigenvalue weighted by atomic mass is 10.00. The Labute approximate surface area is 108 Å². The van der Waals surface area contributed by atoms with Gasteiger partial charge in [-0.2, -0.15) is 0 Å². The maximum absolute atomic E-state index is 4.25. The van der Waals surface area contributed by atoms with E-state index >= 15 is 0 Å². The molecule has 0 amide bonds. The molecule has 1 N–H and O–H groups in total. The van der Waals surface area contributed by atoms with E-state index in [2.05, 4.69) is 40.6 Å². The van der Waals surface area contributed by atoms with Crippen molar-refractivity contribution in [3.05, 3.63) is 53.3 Å². The Bertz CT molecular complexity index is 575. The molecule has 3 rings (SSSR count). The average molecular weight is 238 g/mol. The van der Waals surface area contributed by atoms with Crippen molar-refractivity contribution in [2.45, 2.75) is 25.8 Å². The minimum Gasteiger partial charge on any atom is -0.313 e. The second-order valence-corrected chi connectivity index (χ2v) is 4.98. The van der Waals surface area contributed by atoms with Crippen LogP contribution in [0.15, 0.2) is 36.5 Å². The van der Waals surface area contributed by atoms with Crippen LogP contribution in [0, 0.1) is 6.92 Å². The summed E-state index contributed by atoms with van der Waals surface area (Å²) < 4.78 is 0. The van der Waals surface area contributed by atoms with Crippen molar-refractivity contribution in [3.63, 3.8) is 0 Å². The SMILES string of the molecule is CNC1CCc2cc(-c3ccnc(C)c3)ccc21. The number of nitrogens with one attached hydrogen (secondary N) is 1. The molecule has 1 aliphatic rings. The summed E-state index contributed by atoms with van der Waals surface area (Å²) in [6.45, 7) is 2.04. The van der Waals surface area contributed by atoms with Crippen molar-refractivity contribution in [1.82, 2.24) is 10.3 Å². The molecule has 1 aliphatic carbocycles. The van der Waals surface area contributed by atoms with Gasteiger partial charge in [-0.1, -0.05) is 18.2 Å². The Morgan fingerprint density at radius 3 is 2.78 bits per heavy atom. The Morgan fingerprint density at radius 1 is 1.17 bits per heavy atom. The van der Waals surface area contributed by atoms with Gasteiger partial charge in [0.15, 0.2) is 0 Å². The molecule has 0 saturated heterocycles. The summed E-state index contributed by atoms with van der Waals surface area (Å²) in [5, 5.41) is 3.38. The predicted octanol–water partition coefficient (Wildman–Crippen LogP) is 3.26. The normalized spacial score (nSPS) is 17.8. The molecule has 1 aromatic heterocycles. The molecule has 0 spiro atoms. The molecule has 0 aliphatic heterocycles. The van der Waals surface area contributed by atoms with Crippen LogP contribution in [0.4, 0.5) is 0 Å². The van der Waals surface area contributed by atoms with E-state index in [0.29, 0.717) is 6.04 Å². The van der Waals surface area contributed by atoms with E-state index < -0.39 is 0 Å². The summed E-state index contributed by atoms with van der Waals surface area (Å²) in [4.78, 5) is 4.25. The number of aromatic nitrogens is 1. The number of rotatable bonds is 2. The molecular formula is C16H18N2. The Kier molecular flexibility index (Phi) is 2.88. The third-order valence-electron chi connectivity index (χ3n) is 3.80. The zero-order valence-corrected chi connectivity index (χ0v) is 10.9. The zero-order chi connectivity index (χ0) is 12.5. The summed E-state index contributed by atoms with van der Waals surface area (Å²) >= 11 is 0. The maximum atomic E-state index is 4.25. The molecule has 1 heterocycles. The highest BCUT2D eigenvalue weighted by Gasteiger charge is 2.20. The first-order valence-electron chi connectivity index (χ1n) is 6.51. The molecule has 0 saturated carbocycles. The largest absolute Gasteiger partial charge is 0.313 e. The van der Waals surface area contributed by atoms with Gasteiger partial charge in [0.05, 0.1) is 0 Å². The Morgan fingerprint density at radius 2 is 2.00 bits per heavy atom. The molecule has 0 bridgehead atoms. The molecule has 1 unspecified atom stereocenters. The van der Waals surface area contributed by atoms with Crippen molar-refractivity contribution >= 4 is 0 Å². The topological polar surface area (TPSA) is 24.9 Å². The first kappa shape index (κ1) is 11.4. The van der Waals surface area contributed by atoms with E-state index in [0.717, 1.165) is 5.69 Å². The lowest BCUT2D eigenvalue weighted by Gasteiger charge is -2.11. The van der Waals surface area contributed by atoms with Crippen LogP contribution < -0.4 is 5.32 Å². The third-order valence-corrected chi connectivity index (χ3v) is 3.80. The Hall–Kier alpha value is -1.67. The predicted molar refractivity (Wildman–Crippen MR) is 74.5 cm³/mol. The third kappa shape index (κ3) is 1.93. The standard InChI is InChI=1S/C16H18N2/c1-11-9-13(7-8-18-11)12-3-5-15-14(10-12)4-6-16(15)17-2/h3,5,7-10,16-17H,4,6H2,1-2H3.